The number of halogens is 5. The molecule has 0 bridgehead atoms. The number of nitrogens with zero attached hydrogens (tertiary/aromatic N) is 4. The Balaban J connectivity index is 0.000000541. The summed E-state index contributed by atoms with van der Waals surface area (Å²) in [7, 11) is 0. The SMILES string of the molecule is CC(C)Nc1nc2c(nc1N1CCC(Oc3ccc(F)cc3F)CC1)CN(C(=O)C1CCCO1)CC2.O=C(O)C(F)(F)F. The Morgan fingerprint density at radius 2 is 1.79 bits per heavy atom. The Bertz CT molecular complexity index is 1300. The highest BCUT2D eigenvalue weighted by Gasteiger charge is 2.38. The lowest BCUT2D eigenvalue weighted by molar-refractivity contribution is -0.192. The van der Waals surface area contributed by atoms with Crippen LogP contribution in [0.3, 0.4) is 0 Å². The number of anilines is 2. The number of carboxylic acid groups (broad SMARTS) is 1. The first-order valence-electron chi connectivity index (χ1n) is 14.0. The average Bonchev–Trinajstić information content (AvgIpc) is 3.49. The Kier molecular flexibility index (Phi) is 10.2. The standard InChI is InChI=1S/C26H33F2N5O3.C2HF3O2/c1-16(2)29-24-25(32-10-7-18(8-11-32)36-22-6-5-17(27)14-19(22)28)31-21-15-33(12-9-20(21)30-24)26(34)23-4-3-13-35-23;3-2(4,5)1(6)7/h5-6,14,16,18,23H,3-4,7-13,15H2,1-2H3,(H,29,30);(H,6,7). The number of fused-ring (bicyclic) bond motifs is 1. The van der Waals surface area contributed by atoms with Crippen molar-refractivity contribution in [2.24, 2.45) is 0 Å². The number of nitrogens with one attached hydrogen (secondary N) is 1. The first-order chi connectivity index (χ1) is 20.3. The van der Waals surface area contributed by atoms with Gasteiger partial charge in [-0.2, -0.15) is 13.2 Å². The fourth-order valence-electron chi connectivity index (χ4n) is 5.01. The molecule has 1 aromatic carbocycles. The van der Waals surface area contributed by atoms with Gasteiger partial charge in [0.2, 0.25) is 0 Å². The Labute approximate surface area is 245 Å². The van der Waals surface area contributed by atoms with Crippen LogP contribution >= 0.6 is 0 Å². The Hall–Kier alpha value is -3.75. The molecule has 1 unspecified atom stereocenters. The summed E-state index contributed by atoms with van der Waals surface area (Å²) in [6.45, 7) is 7.12. The maximum Gasteiger partial charge on any atom is 0.490 e. The van der Waals surface area contributed by atoms with E-state index in [2.05, 4.69) is 24.1 Å². The number of amides is 1. The first-order valence-corrected chi connectivity index (χ1v) is 14.0. The van der Waals surface area contributed by atoms with Crippen LogP contribution in [0, 0.1) is 11.6 Å². The zero-order valence-corrected chi connectivity index (χ0v) is 23.8. The summed E-state index contributed by atoms with van der Waals surface area (Å²) < 4.78 is 70.4. The number of piperidine rings is 1. The highest BCUT2D eigenvalue weighted by Crippen LogP contribution is 2.31. The summed E-state index contributed by atoms with van der Waals surface area (Å²) in [5.74, 6) is -2.46. The number of carbonyl (C=O) groups excluding carboxylic acids is 1. The zero-order valence-electron chi connectivity index (χ0n) is 23.8. The predicted molar refractivity (Wildman–Crippen MR) is 145 cm³/mol. The highest BCUT2D eigenvalue weighted by molar-refractivity contribution is 5.81. The number of rotatable bonds is 6. The minimum atomic E-state index is -5.08. The quantitative estimate of drug-likeness (QED) is 0.459. The molecule has 43 heavy (non-hydrogen) atoms. The molecule has 0 spiro atoms. The van der Waals surface area contributed by atoms with Gasteiger partial charge in [-0.25, -0.2) is 23.5 Å². The van der Waals surface area contributed by atoms with E-state index in [-0.39, 0.29) is 29.9 Å². The van der Waals surface area contributed by atoms with E-state index in [1.807, 2.05) is 4.90 Å². The average molecular weight is 616 g/mol. The van der Waals surface area contributed by atoms with Crippen LogP contribution in [0.1, 0.15) is 50.9 Å². The molecule has 3 aliphatic heterocycles. The van der Waals surface area contributed by atoms with Crippen molar-refractivity contribution < 1.29 is 46.1 Å². The van der Waals surface area contributed by atoms with E-state index < -0.39 is 23.8 Å². The molecule has 10 nitrogen and oxygen atoms in total. The summed E-state index contributed by atoms with van der Waals surface area (Å²) in [6, 6.07) is 3.55. The number of alkyl halides is 3. The van der Waals surface area contributed by atoms with Gasteiger partial charge < -0.3 is 29.7 Å². The van der Waals surface area contributed by atoms with Crippen LogP contribution in [0.2, 0.25) is 0 Å². The molecule has 0 saturated carbocycles. The summed E-state index contributed by atoms with van der Waals surface area (Å²) in [5.41, 5.74) is 1.74. The molecule has 236 valence electrons. The molecule has 1 atom stereocenters. The van der Waals surface area contributed by atoms with E-state index in [9.17, 15) is 26.7 Å². The maximum atomic E-state index is 14.0. The van der Waals surface area contributed by atoms with Gasteiger partial charge in [-0.3, -0.25) is 4.79 Å². The largest absolute Gasteiger partial charge is 0.490 e. The molecule has 2 aromatic rings. The third kappa shape index (κ3) is 8.42. The van der Waals surface area contributed by atoms with Crippen molar-refractivity contribution in [1.29, 1.82) is 0 Å². The van der Waals surface area contributed by atoms with Gasteiger partial charge in [0.1, 0.15) is 18.0 Å². The number of carbonyl (C=O) groups is 2. The van der Waals surface area contributed by atoms with Crippen LogP contribution in [-0.4, -0.2) is 82.5 Å². The minimum Gasteiger partial charge on any atom is -0.487 e. The third-order valence-electron chi connectivity index (χ3n) is 7.11. The lowest BCUT2D eigenvalue weighted by Gasteiger charge is -2.35. The van der Waals surface area contributed by atoms with Crippen molar-refractivity contribution in [1.82, 2.24) is 14.9 Å². The molecule has 1 aromatic heterocycles. The fourth-order valence-corrected chi connectivity index (χ4v) is 5.01. The highest BCUT2D eigenvalue weighted by atomic mass is 19.4. The van der Waals surface area contributed by atoms with Gasteiger partial charge in [-0.15, -0.1) is 0 Å². The second kappa shape index (κ2) is 13.7. The topological polar surface area (TPSA) is 117 Å². The van der Waals surface area contributed by atoms with Crippen molar-refractivity contribution in [3.8, 4) is 5.75 Å². The summed E-state index contributed by atoms with van der Waals surface area (Å²) >= 11 is 0. The number of benzene rings is 1. The monoisotopic (exact) mass is 615 g/mol. The molecule has 2 N–H and O–H groups in total. The molecular weight excluding hydrogens is 581 g/mol. The number of ether oxygens (including phenoxy) is 2. The van der Waals surface area contributed by atoms with Gasteiger partial charge in [0.15, 0.2) is 23.2 Å². The number of aliphatic carboxylic acids is 1. The van der Waals surface area contributed by atoms with Crippen LogP contribution in [0.5, 0.6) is 5.75 Å². The lowest BCUT2D eigenvalue weighted by Crippen LogP contribution is -2.43. The van der Waals surface area contributed by atoms with E-state index >= 15 is 0 Å². The van der Waals surface area contributed by atoms with Crippen molar-refractivity contribution in [2.75, 3.05) is 36.5 Å². The molecule has 0 radical (unpaired) electrons. The van der Waals surface area contributed by atoms with Gasteiger partial charge in [0, 0.05) is 57.6 Å². The maximum absolute atomic E-state index is 14.0. The van der Waals surface area contributed by atoms with Gasteiger partial charge in [0.25, 0.3) is 5.91 Å². The van der Waals surface area contributed by atoms with E-state index in [1.54, 1.807) is 0 Å². The van der Waals surface area contributed by atoms with Crippen LogP contribution < -0.4 is 15.0 Å². The Morgan fingerprint density at radius 1 is 1.09 bits per heavy atom. The Morgan fingerprint density at radius 3 is 2.37 bits per heavy atom. The zero-order chi connectivity index (χ0) is 31.3. The molecular formula is C28H34F5N5O5. The van der Waals surface area contributed by atoms with Gasteiger partial charge >= 0.3 is 12.1 Å². The minimum absolute atomic E-state index is 0.0388. The molecule has 5 rings (SSSR count). The fraction of sp³-hybridized carbons (Fsp3) is 0.571. The first kappa shape index (κ1) is 32.2. The molecule has 3 aliphatic rings. The van der Waals surface area contributed by atoms with Crippen LogP contribution in [-0.2, 0) is 27.3 Å². The molecule has 2 saturated heterocycles. The number of hydrogen-bond acceptors (Lipinski definition) is 8. The van der Waals surface area contributed by atoms with E-state index in [1.165, 1.54) is 12.1 Å². The number of carboxylic acids is 1. The molecule has 0 aliphatic carbocycles. The third-order valence-corrected chi connectivity index (χ3v) is 7.11. The van der Waals surface area contributed by atoms with Gasteiger partial charge in [-0.1, -0.05) is 0 Å². The summed E-state index contributed by atoms with van der Waals surface area (Å²) in [4.78, 5) is 35.7. The molecule has 2 fully saturated rings. The number of aromatic nitrogens is 2. The van der Waals surface area contributed by atoms with Gasteiger partial charge in [0.05, 0.1) is 17.9 Å². The van der Waals surface area contributed by atoms with Gasteiger partial charge in [-0.05, 0) is 38.8 Å². The van der Waals surface area contributed by atoms with Crippen molar-refractivity contribution in [2.45, 2.75) is 76.9 Å². The van der Waals surface area contributed by atoms with Crippen LogP contribution in [0.4, 0.5) is 33.6 Å². The molecule has 4 heterocycles. The second-order valence-corrected chi connectivity index (χ2v) is 10.8. The van der Waals surface area contributed by atoms with E-state index in [0.717, 1.165) is 41.9 Å². The van der Waals surface area contributed by atoms with Crippen molar-refractivity contribution in [3.05, 3.63) is 41.2 Å². The second-order valence-electron chi connectivity index (χ2n) is 10.8. The predicted octanol–water partition coefficient (Wildman–Crippen LogP) is 4.32. The summed E-state index contributed by atoms with van der Waals surface area (Å²) in [6.07, 6.45) is -1.91. The number of hydrogen-bond donors (Lipinski definition) is 2. The van der Waals surface area contributed by atoms with E-state index in [0.29, 0.717) is 52.0 Å². The van der Waals surface area contributed by atoms with Crippen LogP contribution in [0.15, 0.2) is 18.2 Å². The molecule has 1 amide bonds. The van der Waals surface area contributed by atoms with Crippen LogP contribution in [0.25, 0.3) is 0 Å². The summed E-state index contributed by atoms with van der Waals surface area (Å²) in [5, 5.41) is 10.6. The normalized spacial score (nSPS) is 19.0. The molecule has 15 heteroatoms. The van der Waals surface area contributed by atoms with E-state index in [4.69, 9.17) is 29.3 Å². The van der Waals surface area contributed by atoms with Crippen molar-refractivity contribution >= 4 is 23.5 Å². The lowest BCUT2D eigenvalue weighted by atomic mass is 10.1. The smallest absolute Gasteiger partial charge is 0.487 e. The van der Waals surface area contributed by atoms with Crippen molar-refractivity contribution in [3.63, 3.8) is 0 Å².